The van der Waals surface area contributed by atoms with Crippen LogP contribution < -0.4 is 10.6 Å². The van der Waals surface area contributed by atoms with E-state index in [1.807, 2.05) is 20.8 Å². The fourth-order valence-corrected chi connectivity index (χ4v) is 2.75. The molecule has 1 aliphatic rings. The summed E-state index contributed by atoms with van der Waals surface area (Å²) < 4.78 is 0. The monoisotopic (exact) mass is 357 g/mol. The van der Waals surface area contributed by atoms with E-state index in [-0.39, 0.29) is 17.7 Å². The fraction of sp³-hybridized carbons (Fsp3) is 0.450. The van der Waals surface area contributed by atoms with E-state index in [2.05, 4.69) is 17.2 Å². The maximum Gasteiger partial charge on any atom is 0.254 e. The smallest absolute Gasteiger partial charge is 0.254 e. The topological polar surface area (TPSA) is 78.5 Å². The zero-order valence-corrected chi connectivity index (χ0v) is 15.7. The molecule has 2 rings (SSSR count). The average Bonchev–Trinajstić information content (AvgIpc) is 3.08. The van der Waals surface area contributed by atoms with E-state index in [4.69, 9.17) is 0 Å². The Hall–Kier alpha value is -2.63. The maximum absolute atomic E-state index is 12.8. The molecular weight excluding hydrogens is 330 g/mol. The quantitative estimate of drug-likeness (QED) is 0.795. The highest BCUT2D eigenvalue weighted by atomic mass is 16.2. The van der Waals surface area contributed by atoms with Gasteiger partial charge in [0, 0.05) is 29.8 Å². The van der Waals surface area contributed by atoms with Gasteiger partial charge < -0.3 is 15.5 Å². The van der Waals surface area contributed by atoms with E-state index >= 15 is 0 Å². The first-order chi connectivity index (χ1) is 12.2. The van der Waals surface area contributed by atoms with Crippen molar-refractivity contribution in [2.75, 3.05) is 18.4 Å². The van der Waals surface area contributed by atoms with Crippen LogP contribution in [0.15, 0.2) is 36.9 Å². The first-order valence-electron chi connectivity index (χ1n) is 8.85. The van der Waals surface area contributed by atoms with Crippen molar-refractivity contribution in [3.05, 3.63) is 42.5 Å². The number of likely N-dealkylation sites (tertiary alicyclic amines) is 1. The molecule has 1 aromatic carbocycles. The van der Waals surface area contributed by atoms with Crippen LogP contribution in [0, 0.1) is 5.41 Å². The number of hydrogen-bond donors (Lipinski definition) is 2. The SMILES string of the molecule is C=CCNC(=O)C1CCCN1C(=O)c1ccc(NC(=O)C(C)(C)C)cc1. The Kier molecular flexibility index (Phi) is 6.18. The average molecular weight is 357 g/mol. The Labute approximate surface area is 154 Å². The number of carbonyl (C=O) groups excluding carboxylic acids is 3. The van der Waals surface area contributed by atoms with Crippen molar-refractivity contribution in [3.8, 4) is 0 Å². The second kappa shape index (κ2) is 8.17. The summed E-state index contributed by atoms with van der Waals surface area (Å²) in [6.45, 7) is 10.0. The Balaban J connectivity index is 2.06. The van der Waals surface area contributed by atoms with Crippen LogP contribution in [-0.2, 0) is 9.59 Å². The zero-order chi connectivity index (χ0) is 19.3. The van der Waals surface area contributed by atoms with Crippen LogP contribution in [0.25, 0.3) is 0 Å². The van der Waals surface area contributed by atoms with Crippen molar-refractivity contribution >= 4 is 23.4 Å². The highest BCUT2D eigenvalue weighted by molar-refractivity contribution is 5.99. The van der Waals surface area contributed by atoms with Crippen molar-refractivity contribution in [2.24, 2.45) is 5.41 Å². The third kappa shape index (κ3) is 4.71. The lowest BCUT2D eigenvalue weighted by molar-refractivity contribution is -0.124. The molecule has 0 radical (unpaired) electrons. The van der Waals surface area contributed by atoms with Gasteiger partial charge in [-0.2, -0.15) is 0 Å². The standard InChI is InChI=1S/C20H27N3O3/c1-5-12-21-17(24)16-7-6-13-23(16)18(25)14-8-10-15(11-9-14)22-19(26)20(2,3)4/h5,8-11,16H,1,6-7,12-13H2,2-4H3,(H,21,24)(H,22,26). The molecule has 6 heteroatoms. The van der Waals surface area contributed by atoms with Crippen LogP contribution in [0.2, 0.25) is 0 Å². The fourth-order valence-electron chi connectivity index (χ4n) is 2.75. The van der Waals surface area contributed by atoms with Gasteiger partial charge >= 0.3 is 0 Å². The molecule has 1 heterocycles. The Morgan fingerprint density at radius 2 is 1.88 bits per heavy atom. The molecule has 1 aromatic rings. The molecule has 6 nitrogen and oxygen atoms in total. The van der Waals surface area contributed by atoms with Gasteiger partial charge in [0.2, 0.25) is 11.8 Å². The second-order valence-corrected chi connectivity index (χ2v) is 7.47. The van der Waals surface area contributed by atoms with E-state index in [0.717, 1.165) is 6.42 Å². The molecule has 26 heavy (non-hydrogen) atoms. The molecule has 1 unspecified atom stereocenters. The molecule has 1 aliphatic heterocycles. The number of anilines is 1. The third-order valence-electron chi connectivity index (χ3n) is 4.31. The van der Waals surface area contributed by atoms with Crippen molar-refractivity contribution in [3.63, 3.8) is 0 Å². The van der Waals surface area contributed by atoms with Gasteiger partial charge in [-0.15, -0.1) is 6.58 Å². The summed E-state index contributed by atoms with van der Waals surface area (Å²) in [7, 11) is 0. The van der Waals surface area contributed by atoms with Crippen LogP contribution >= 0.6 is 0 Å². The van der Waals surface area contributed by atoms with Gasteiger partial charge in [-0.3, -0.25) is 14.4 Å². The number of carbonyl (C=O) groups is 3. The van der Waals surface area contributed by atoms with Gasteiger partial charge in [0.05, 0.1) is 0 Å². The Bertz CT molecular complexity index is 689. The molecule has 1 fully saturated rings. The molecule has 140 valence electrons. The number of hydrogen-bond acceptors (Lipinski definition) is 3. The molecule has 0 aliphatic carbocycles. The predicted octanol–water partition coefficient (Wildman–Crippen LogP) is 2.58. The summed E-state index contributed by atoms with van der Waals surface area (Å²) in [5.74, 6) is -0.408. The van der Waals surface area contributed by atoms with Crippen molar-refractivity contribution in [1.29, 1.82) is 0 Å². The summed E-state index contributed by atoms with van der Waals surface area (Å²) in [6.07, 6.45) is 3.08. The minimum absolute atomic E-state index is 0.0879. The summed E-state index contributed by atoms with van der Waals surface area (Å²) in [5, 5.41) is 5.59. The molecule has 0 spiro atoms. The molecule has 1 saturated heterocycles. The van der Waals surface area contributed by atoms with Crippen molar-refractivity contribution in [2.45, 2.75) is 39.7 Å². The van der Waals surface area contributed by atoms with E-state index in [9.17, 15) is 14.4 Å². The summed E-state index contributed by atoms with van der Waals surface area (Å²) in [4.78, 5) is 38.6. The van der Waals surface area contributed by atoms with Crippen LogP contribution in [0.5, 0.6) is 0 Å². The van der Waals surface area contributed by atoms with Crippen LogP contribution in [0.3, 0.4) is 0 Å². The molecular formula is C20H27N3O3. The van der Waals surface area contributed by atoms with E-state index in [0.29, 0.717) is 30.8 Å². The Morgan fingerprint density at radius 1 is 1.23 bits per heavy atom. The minimum atomic E-state index is -0.490. The molecule has 0 aromatic heterocycles. The van der Waals surface area contributed by atoms with Gasteiger partial charge in [-0.05, 0) is 37.1 Å². The number of nitrogens with one attached hydrogen (secondary N) is 2. The van der Waals surface area contributed by atoms with E-state index < -0.39 is 11.5 Å². The van der Waals surface area contributed by atoms with Crippen molar-refractivity contribution < 1.29 is 14.4 Å². The van der Waals surface area contributed by atoms with Crippen LogP contribution in [0.4, 0.5) is 5.69 Å². The largest absolute Gasteiger partial charge is 0.351 e. The number of amides is 3. The summed E-state index contributed by atoms with van der Waals surface area (Å²) >= 11 is 0. The zero-order valence-electron chi connectivity index (χ0n) is 15.7. The number of rotatable bonds is 5. The molecule has 1 atom stereocenters. The van der Waals surface area contributed by atoms with Gasteiger partial charge in [0.15, 0.2) is 0 Å². The number of nitrogens with zero attached hydrogens (tertiary/aromatic N) is 1. The molecule has 3 amide bonds. The lowest BCUT2D eigenvalue weighted by Crippen LogP contribution is -2.46. The van der Waals surface area contributed by atoms with E-state index in [1.54, 1.807) is 35.2 Å². The molecule has 2 N–H and O–H groups in total. The van der Waals surface area contributed by atoms with Crippen molar-refractivity contribution in [1.82, 2.24) is 10.2 Å². The predicted molar refractivity (Wildman–Crippen MR) is 102 cm³/mol. The summed E-state index contributed by atoms with van der Waals surface area (Å²) in [5.41, 5.74) is 0.654. The first kappa shape index (κ1) is 19.7. The van der Waals surface area contributed by atoms with Crippen LogP contribution in [-0.4, -0.2) is 41.8 Å². The number of benzene rings is 1. The lowest BCUT2D eigenvalue weighted by Gasteiger charge is -2.24. The van der Waals surface area contributed by atoms with Gasteiger partial charge in [-0.25, -0.2) is 0 Å². The lowest BCUT2D eigenvalue weighted by atomic mass is 9.95. The van der Waals surface area contributed by atoms with E-state index in [1.165, 1.54) is 0 Å². The third-order valence-corrected chi connectivity index (χ3v) is 4.31. The van der Waals surface area contributed by atoms with Gasteiger partial charge in [0.25, 0.3) is 5.91 Å². The van der Waals surface area contributed by atoms with Crippen LogP contribution in [0.1, 0.15) is 44.0 Å². The minimum Gasteiger partial charge on any atom is -0.351 e. The molecule has 0 bridgehead atoms. The highest BCUT2D eigenvalue weighted by Gasteiger charge is 2.34. The Morgan fingerprint density at radius 3 is 2.46 bits per heavy atom. The highest BCUT2D eigenvalue weighted by Crippen LogP contribution is 2.22. The van der Waals surface area contributed by atoms with Gasteiger partial charge in [0.1, 0.15) is 6.04 Å². The maximum atomic E-state index is 12.8. The normalized spacial score (nSPS) is 16.9. The first-order valence-corrected chi connectivity index (χ1v) is 8.85. The second-order valence-electron chi connectivity index (χ2n) is 7.47. The summed E-state index contributed by atoms with van der Waals surface area (Å²) in [6, 6.07) is 6.33. The molecule has 0 saturated carbocycles. The van der Waals surface area contributed by atoms with Gasteiger partial charge in [-0.1, -0.05) is 26.8 Å².